The fourth-order valence-electron chi connectivity index (χ4n) is 4.90. The van der Waals surface area contributed by atoms with Gasteiger partial charge in [-0.1, -0.05) is 0 Å². The zero-order valence-corrected chi connectivity index (χ0v) is 13.2. The van der Waals surface area contributed by atoms with Gasteiger partial charge in [-0.15, -0.1) is 0 Å². The standard InChI is InChI=1S/C15H20N4O2S/c16-2-1-12(20)18-19-14(22)17-13(21)15-6-9-3-10(7-15)5-11(4-9)8-15/h9-11H,1,3-8H2,(H,18,20)(H2,17,19,21,22). The van der Waals surface area contributed by atoms with Gasteiger partial charge in [-0.05, 0) is 68.5 Å². The Morgan fingerprint density at radius 3 is 2.14 bits per heavy atom. The van der Waals surface area contributed by atoms with E-state index >= 15 is 0 Å². The first kappa shape index (κ1) is 15.2. The molecule has 4 fully saturated rings. The number of amides is 2. The number of hydrazine groups is 1. The second-order valence-corrected chi connectivity index (χ2v) is 7.40. The summed E-state index contributed by atoms with van der Waals surface area (Å²) >= 11 is 5.05. The van der Waals surface area contributed by atoms with Gasteiger partial charge in [0.15, 0.2) is 5.11 Å². The molecule has 118 valence electrons. The van der Waals surface area contributed by atoms with Crippen molar-refractivity contribution in [1.82, 2.24) is 16.2 Å². The molecule has 0 unspecified atom stereocenters. The van der Waals surface area contributed by atoms with Crippen molar-refractivity contribution >= 4 is 29.1 Å². The fraction of sp³-hybridized carbons (Fsp3) is 0.733. The van der Waals surface area contributed by atoms with Gasteiger partial charge < -0.3 is 5.32 Å². The minimum absolute atomic E-state index is 0.0152. The summed E-state index contributed by atoms with van der Waals surface area (Å²) in [6.07, 6.45) is 6.48. The summed E-state index contributed by atoms with van der Waals surface area (Å²) in [5.41, 5.74) is 4.51. The minimum atomic E-state index is -0.478. The summed E-state index contributed by atoms with van der Waals surface area (Å²) in [5, 5.41) is 11.2. The number of hydrogen-bond acceptors (Lipinski definition) is 4. The second kappa shape index (κ2) is 5.84. The molecule has 0 heterocycles. The average molecular weight is 320 g/mol. The summed E-state index contributed by atoms with van der Waals surface area (Å²) in [6.45, 7) is 0. The molecule has 4 bridgehead atoms. The number of thiocarbonyl (C=S) groups is 1. The Labute approximate surface area is 135 Å². The van der Waals surface area contributed by atoms with Gasteiger partial charge in [-0.25, -0.2) is 0 Å². The van der Waals surface area contributed by atoms with Crippen molar-refractivity contribution in [1.29, 1.82) is 5.26 Å². The third-order valence-electron chi connectivity index (χ3n) is 5.30. The lowest BCUT2D eigenvalue weighted by atomic mass is 9.49. The van der Waals surface area contributed by atoms with Gasteiger partial charge in [-0.3, -0.25) is 20.4 Å². The van der Waals surface area contributed by atoms with Crippen LogP contribution in [0, 0.1) is 34.5 Å². The van der Waals surface area contributed by atoms with Crippen molar-refractivity contribution in [3.8, 4) is 6.07 Å². The highest BCUT2D eigenvalue weighted by atomic mass is 32.1. The topological polar surface area (TPSA) is 94.0 Å². The Morgan fingerprint density at radius 1 is 1.09 bits per heavy atom. The Kier molecular flexibility index (Phi) is 4.04. The molecule has 4 saturated carbocycles. The normalized spacial score (nSPS) is 34.6. The molecule has 7 heteroatoms. The first-order valence-electron chi connectivity index (χ1n) is 7.78. The van der Waals surface area contributed by atoms with Gasteiger partial charge in [0.25, 0.3) is 5.91 Å². The molecule has 4 aliphatic rings. The average Bonchev–Trinajstić information content (AvgIpc) is 2.44. The van der Waals surface area contributed by atoms with Crippen molar-refractivity contribution < 1.29 is 9.59 Å². The Hall–Kier alpha value is -1.68. The van der Waals surface area contributed by atoms with Gasteiger partial charge in [0, 0.05) is 0 Å². The molecular weight excluding hydrogens is 300 g/mol. The van der Waals surface area contributed by atoms with E-state index in [0.717, 1.165) is 19.3 Å². The number of carbonyl (C=O) groups is 2. The molecule has 4 rings (SSSR count). The predicted molar refractivity (Wildman–Crippen MR) is 82.9 cm³/mol. The molecule has 2 amide bonds. The molecule has 0 saturated heterocycles. The summed E-state index contributed by atoms with van der Waals surface area (Å²) in [5.74, 6) is 1.57. The zero-order valence-electron chi connectivity index (χ0n) is 12.4. The SMILES string of the molecule is N#CCC(=O)NNC(=S)NC(=O)C12CC3CC(CC(C3)C1)C2. The van der Waals surface area contributed by atoms with E-state index in [2.05, 4.69) is 16.2 Å². The number of nitriles is 1. The molecular formula is C15H20N4O2S. The number of hydrogen-bond donors (Lipinski definition) is 3. The molecule has 4 aliphatic carbocycles. The van der Waals surface area contributed by atoms with Crippen molar-refractivity contribution in [2.45, 2.75) is 44.9 Å². The zero-order chi connectivity index (χ0) is 15.7. The monoisotopic (exact) mass is 320 g/mol. The third-order valence-corrected chi connectivity index (χ3v) is 5.51. The van der Waals surface area contributed by atoms with E-state index in [9.17, 15) is 9.59 Å². The van der Waals surface area contributed by atoms with Gasteiger partial charge in [0.05, 0.1) is 11.5 Å². The van der Waals surface area contributed by atoms with Crippen LogP contribution in [-0.2, 0) is 9.59 Å². The molecule has 6 nitrogen and oxygen atoms in total. The molecule has 0 atom stereocenters. The highest BCUT2D eigenvalue weighted by molar-refractivity contribution is 7.80. The third kappa shape index (κ3) is 2.93. The lowest BCUT2D eigenvalue weighted by Crippen LogP contribution is -2.57. The molecule has 0 radical (unpaired) electrons. The van der Waals surface area contributed by atoms with E-state index in [-0.39, 0.29) is 22.9 Å². The van der Waals surface area contributed by atoms with E-state index in [1.54, 1.807) is 6.07 Å². The maximum absolute atomic E-state index is 12.7. The lowest BCUT2D eigenvalue weighted by molar-refractivity contribution is -0.144. The number of carbonyl (C=O) groups excluding carboxylic acids is 2. The van der Waals surface area contributed by atoms with Crippen LogP contribution in [0.25, 0.3) is 0 Å². The molecule has 0 aliphatic heterocycles. The van der Waals surface area contributed by atoms with Crippen LogP contribution in [-0.4, -0.2) is 16.9 Å². The highest BCUT2D eigenvalue weighted by Gasteiger charge is 2.54. The van der Waals surface area contributed by atoms with Crippen LogP contribution in [0.15, 0.2) is 0 Å². The lowest BCUT2D eigenvalue weighted by Gasteiger charge is -2.55. The van der Waals surface area contributed by atoms with E-state index in [0.29, 0.717) is 17.8 Å². The van der Waals surface area contributed by atoms with Crippen LogP contribution in [0.1, 0.15) is 44.9 Å². The first-order valence-corrected chi connectivity index (χ1v) is 8.19. The van der Waals surface area contributed by atoms with Crippen LogP contribution >= 0.6 is 12.2 Å². The van der Waals surface area contributed by atoms with Gasteiger partial charge >= 0.3 is 0 Å². The van der Waals surface area contributed by atoms with Crippen LogP contribution in [0.4, 0.5) is 0 Å². The Morgan fingerprint density at radius 2 is 1.64 bits per heavy atom. The number of rotatable bonds is 2. The number of nitrogens with zero attached hydrogens (tertiary/aromatic N) is 1. The first-order chi connectivity index (χ1) is 10.5. The quantitative estimate of drug-likeness (QED) is 0.524. The van der Waals surface area contributed by atoms with E-state index in [4.69, 9.17) is 17.5 Å². The molecule has 22 heavy (non-hydrogen) atoms. The van der Waals surface area contributed by atoms with Gasteiger partial charge in [0.1, 0.15) is 6.42 Å². The maximum atomic E-state index is 12.7. The molecule has 0 aromatic rings. The van der Waals surface area contributed by atoms with Crippen LogP contribution in [0.2, 0.25) is 0 Å². The van der Waals surface area contributed by atoms with E-state index in [1.807, 2.05) is 0 Å². The van der Waals surface area contributed by atoms with Crippen LogP contribution in [0.5, 0.6) is 0 Å². The van der Waals surface area contributed by atoms with Gasteiger partial charge in [0.2, 0.25) is 5.91 Å². The minimum Gasteiger partial charge on any atom is -0.301 e. The van der Waals surface area contributed by atoms with E-state index in [1.165, 1.54) is 19.3 Å². The second-order valence-electron chi connectivity index (χ2n) is 6.99. The Balaban J connectivity index is 1.55. The van der Waals surface area contributed by atoms with E-state index < -0.39 is 5.91 Å². The molecule has 0 aromatic heterocycles. The van der Waals surface area contributed by atoms with Gasteiger partial charge in [-0.2, -0.15) is 5.26 Å². The largest absolute Gasteiger partial charge is 0.301 e. The number of nitrogens with one attached hydrogen (secondary N) is 3. The summed E-state index contributed by atoms with van der Waals surface area (Å²) in [7, 11) is 0. The predicted octanol–water partition coefficient (Wildman–Crippen LogP) is 1.14. The summed E-state index contributed by atoms with van der Waals surface area (Å²) in [6, 6.07) is 1.74. The van der Waals surface area contributed by atoms with Crippen LogP contribution in [0.3, 0.4) is 0 Å². The molecule has 0 spiro atoms. The Bertz CT molecular complexity index is 519. The summed E-state index contributed by atoms with van der Waals surface area (Å²) in [4.78, 5) is 23.9. The molecule has 3 N–H and O–H groups in total. The smallest absolute Gasteiger partial charge is 0.252 e. The van der Waals surface area contributed by atoms with Crippen molar-refractivity contribution in [2.24, 2.45) is 23.2 Å². The maximum Gasteiger partial charge on any atom is 0.252 e. The van der Waals surface area contributed by atoms with Crippen LogP contribution < -0.4 is 16.2 Å². The van der Waals surface area contributed by atoms with Crippen molar-refractivity contribution in [3.05, 3.63) is 0 Å². The van der Waals surface area contributed by atoms with Crippen molar-refractivity contribution in [3.63, 3.8) is 0 Å². The highest BCUT2D eigenvalue weighted by Crippen LogP contribution is 2.60. The fourth-order valence-corrected chi connectivity index (χ4v) is 5.04. The summed E-state index contributed by atoms with van der Waals surface area (Å²) < 4.78 is 0. The van der Waals surface area contributed by atoms with Crippen molar-refractivity contribution in [2.75, 3.05) is 0 Å². The molecule has 0 aromatic carbocycles.